The summed E-state index contributed by atoms with van der Waals surface area (Å²) in [6, 6.07) is 12.9. The number of tetrazole rings is 1. The number of benzene rings is 2. The molecule has 0 spiro atoms. The van der Waals surface area contributed by atoms with Gasteiger partial charge in [-0.15, -0.1) is 5.10 Å². The first kappa shape index (κ1) is 18.4. The van der Waals surface area contributed by atoms with Crippen molar-refractivity contribution in [3.8, 4) is 17.2 Å². The maximum absolute atomic E-state index is 12.6. The number of para-hydroxylation sites is 1. The summed E-state index contributed by atoms with van der Waals surface area (Å²) in [4.78, 5) is 12.6. The zero-order valence-electron chi connectivity index (χ0n) is 15.5. The molecular weight excluding hydrogens is 346 g/mol. The number of aryl methyl sites for hydroxylation is 1. The van der Waals surface area contributed by atoms with Crippen LogP contribution in [0.1, 0.15) is 21.7 Å². The van der Waals surface area contributed by atoms with Gasteiger partial charge in [0, 0.05) is 6.54 Å². The molecule has 2 aromatic carbocycles. The number of amides is 1. The average molecular weight is 367 g/mol. The molecule has 8 heteroatoms. The first-order valence-electron chi connectivity index (χ1n) is 8.47. The van der Waals surface area contributed by atoms with Gasteiger partial charge in [-0.05, 0) is 53.6 Å². The van der Waals surface area contributed by atoms with Gasteiger partial charge in [-0.3, -0.25) is 4.79 Å². The van der Waals surface area contributed by atoms with Crippen molar-refractivity contribution in [1.82, 2.24) is 25.5 Å². The van der Waals surface area contributed by atoms with Crippen LogP contribution in [0.4, 0.5) is 0 Å². The van der Waals surface area contributed by atoms with Gasteiger partial charge in [0.15, 0.2) is 17.3 Å². The topological polar surface area (TPSA) is 91.2 Å². The lowest BCUT2D eigenvalue weighted by molar-refractivity contribution is 0.0954. The smallest absolute Gasteiger partial charge is 0.253 e. The Morgan fingerprint density at radius 1 is 1.11 bits per heavy atom. The lowest BCUT2D eigenvalue weighted by atomic mass is 10.1. The van der Waals surface area contributed by atoms with E-state index in [9.17, 15) is 4.79 Å². The Balaban J connectivity index is 1.68. The van der Waals surface area contributed by atoms with Crippen molar-refractivity contribution in [2.75, 3.05) is 20.8 Å². The Morgan fingerprint density at radius 2 is 1.89 bits per heavy atom. The van der Waals surface area contributed by atoms with Crippen LogP contribution >= 0.6 is 0 Å². The number of methoxy groups -OCH3 is 2. The first-order chi connectivity index (χ1) is 13.1. The maximum Gasteiger partial charge on any atom is 0.253 e. The molecule has 0 aliphatic carbocycles. The molecule has 0 unspecified atom stereocenters. The van der Waals surface area contributed by atoms with Gasteiger partial charge in [0.1, 0.15) is 0 Å². The minimum atomic E-state index is -0.180. The van der Waals surface area contributed by atoms with Gasteiger partial charge in [0.05, 0.1) is 25.5 Å². The summed E-state index contributed by atoms with van der Waals surface area (Å²) in [5, 5.41) is 14.4. The van der Waals surface area contributed by atoms with Gasteiger partial charge >= 0.3 is 0 Å². The van der Waals surface area contributed by atoms with E-state index in [0.717, 1.165) is 5.56 Å². The summed E-state index contributed by atoms with van der Waals surface area (Å²) in [6.45, 7) is 2.27. The molecule has 140 valence electrons. The Bertz CT molecular complexity index is 939. The molecule has 1 amide bonds. The van der Waals surface area contributed by atoms with Crippen LogP contribution in [-0.4, -0.2) is 46.9 Å². The Labute approximate surface area is 157 Å². The highest BCUT2D eigenvalue weighted by Gasteiger charge is 2.14. The van der Waals surface area contributed by atoms with Crippen molar-refractivity contribution in [2.24, 2.45) is 0 Å². The van der Waals surface area contributed by atoms with Crippen LogP contribution in [-0.2, 0) is 6.42 Å². The third-order valence-corrected chi connectivity index (χ3v) is 4.15. The van der Waals surface area contributed by atoms with Crippen LogP contribution in [0.3, 0.4) is 0 Å². The Morgan fingerprint density at radius 3 is 2.59 bits per heavy atom. The Hall–Kier alpha value is -3.42. The highest BCUT2D eigenvalue weighted by Crippen LogP contribution is 2.27. The monoisotopic (exact) mass is 367 g/mol. The van der Waals surface area contributed by atoms with E-state index in [1.54, 1.807) is 31.9 Å². The first-order valence-corrected chi connectivity index (χ1v) is 8.47. The van der Waals surface area contributed by atoms with E-state index in [-0.39, 0.29) is 5.91 Å². The third-order valence-electron chi connectivity index (χ3n) is 4.15. The van der Waals surface area contributed by atoms with Crippen LogP contribution in [0.25, 0.3) is 5.69 Å². The van der Waals surface area contributed by atoms with Gasteiger partial charge in [-0.25, -0.2) is 0 Å². The molecule has 3 rings (SSSR count). The fourth-order valence-electron chi connectivity index (χ4n) is 2.76. The lowest BCUT2D eigenvalue weighted by Gasteiger charge is -2.11. The second kappa shape index (κ2) is 8.31. The minimum Gasteiger partial charge on any atom is -0.493 e. The molecule has 0 fully saturated rings. The lowest BCUT2D eigenvalue weighted by Crippen LogP contribution is -2.27. The van der Waals surface area contributed by atoms with E-state index < -0.39 is 0 Å². The Kier molecular flexibility index (Phi) is 5.65. The number of hydrogen-bond donors (Lipinski definition) is 1. The van der Waals surface area contributed by atoms with Gasteiger partial charge in [0.2, 0.25) is 0 Å². The molecule has 3 aromatic rings. The normalized spacial score (nSPS) is 10.5. The molecule has 1 aromatic heterocycles. The standard InChI is InChI=1S/C19H21N5O3/c1-13-21-22-23-24(13)16-7-5-4-6-15(16)19(25)20-11-10-14-8-9-17(26-2)18(12-14)27-3/h4-9,12H,10-11H2,1-3H3,(H,20,25). The second-order valence-electron chi connectivity index (χ2n) is 5.85. The molecular formula is C19H21N5O3. The van der Waals surface area contributed by atoms with E-state index in [2.05, 4.69) is 20.8 Å². The van der Waals surface area contributed by atoms with E-state index >= 15 is 0 Å². The van der Waals surface area contributed by atoms with Crippen molar-refractivity contribution < 1.29 is 14.3 Å². The van der Waals surface area contributed by atoms with Crippen molar-refractivity contribution in [1.29, 1.82) is 0 Å². The van der Waals surface area contributed by atoms with Crippen molar-refractivity contribution in [2.45, 2.75) is 13.3 Å². The maximum atomic E-state index is 12.6. The summed E-state index contributed by atoms with van der Waals surface area (Å²) < 4.78 is 12.1. The van der Waals surface area contributed by atoms with Gasteiger partial charge < -0.3 is 14.8 Å². The fourth-order valence-corrected chi connectivity index (χ4v) is 2.76. The second-order valence-corrected chi connectivity index (χ2v) is 5.85. The summed E-state index contributed by atoms with van der Waals surface area (Å²) in [5.41, 5.74) is 2.20. The molecule has 27 heavy (non-hydrogen) atoms. The van der Waals surface area contributed by atoms with Gasteiger partial charge in [-0.2, -0.15) is 4.68 Å². The van der Waals surface area contributed by atoms with E-state index in [0.29, 0.717) is 41.5 Å². The number of ether oxygens (including phenoxy) is 2. The predicted molar refractivity (Wildman–Crippen MR) is 99.5 cm³/mol. The van der Waals surface area contributed by atoms with E-state index in [1.807, 2.05) is 36.4 Å². The average Bonchev–Trinajstić information content (AvgIpc) is 3.13. The molecule has 0 bridgehead atoms. The molecule has 0 aliphatic rings. The van der Waals surface area contributed by atoms with Crippen molar-refractivity contribution in [3.63, 3.8) is 0 Å². The van der Waals surface area contributed by atoms with Crippen LogP contribution in [0.5, 0.6) is 11.5 Å². The molecule has 0 saturated carbocycles. The van der Waals surface area contributed by atoms with Crippen LogP contribution in [0, 0.1) is 6.92 Å². The molecule has 1 N–H and O–H groups in total. The van der Waals surface area contributed by atoms with Crippen LogP contribution in [0.2, 0.25) is 0 Å². The van der Waals surface area contributed by atoms with Crippen LogP contribution in [0.15, 0.2) is 42.5 Å². The van der Waals surface area contributed by atoms with Crippen molar-refractivity contribution >= 4 is 5.91 Å². The SMILES string of the molecule is COc1ccc(CCNC(=O)c2ccccc2-n2nnnc2C)cc1OC. The summed E-state index contributed by atoms with van der Waals surface area (Å²) in [5.74, 6) is 1.78. The molecule has 0 saturated heterocycles. The van der Waals surface area contributed by atoms with E-state index in [1.165, 1.54) is 0 Å². The highest BCUT2D eigenvalue weighted by atomic mass is 16.5. The summed E-state index contributed by atoms with van der Waals surface area (Å²) >= 11 is 0. The molecule has 0 aliphatic heterocycles. The number of carbonyl (C=O) groups is 1. The largest absolute Gasteiger partial charge is 0.493 e. The van der Waals surface area contributed by atoms with Crippen LogP contribution < -0.4 is 14.8 Å². The summed E-state index contributed by atoms with van der Waals surface area (Å²) in [7, 11) is 3.20. The fraction of sp³-hybridized carbons (Fsp3) is 0.263. The third kappa shape index (κ3) is 4.05. The predicted octanol–water partition coefficient (Wildman–Crippen LogP) is 1.96. The number of aromatic nitrogens is 4. The highest BCUT2D eigenvalue weighted by molar-refractivity contribution is 5.97. The molecule has 8 nitrogen and oxygen atoms in total. The summed E-state index contributed by atoms with van der Waals surface area (Å²) in [6.07, 6.45) is 0.665. The number of rotatable bonds is 7. The molecule has 0 atom stereocenters. The van der Waals surface area contributed by atoms with Crippen molar-refractivity contribution in [3.05, 3.63) is 59.4 Å². The van der Waals surface area contributed by atoms with Gasteiger partial charge in [-0.1, -0.05) is 18.2 Å². The quantitative estimate of drug-likeness (QED) is 0.686. The molecule has 0 radical (unpaired) electrons. The molecule has 1 heterocycles. The number of nitrogens with zero attached hydrogens (tertiary/aromatic N) is 4. The number of carbonyl (C=O) groups excluding carboxylic acids is 1. The zero-order chi connectivity index (χ0) is 19.2. The minimum absolute atomic E-state index is 0.180. The number of nitrogens with one attached hydrogen (secondary N) is 1. The van der Waals surface area contributed by atoms with Gasteiger partial charge in [0.25, 0.3) is 5.91 Å². The zero-order valence-corrected chi connectivity index (χ0v) is 15.5. The number of hydrogen-bond acceptors (Lipinski definition) is 6. The van der Waals surface area contributed by atoms with E-state index in [4.69, 9.17) is 9.47 Å².